The smallest absolute Gasteiger partial charge is 0.283 e. The average Bonchev–Trinajstić information content (AvgIpc) is 3.09. The van der Waals surface area contributed by atoms with Crippen molar-refractivity contribution in [2.45, 2.75) is 19.4 Å². The highest BCUT2D eigenvalue weighted by atomic mass is 79.9. The number of aryl methyl sites for hydroxylation is 1. The number of nitrogens with two attached hydrogens (primary N) is 1. The fourth-order valence-electron chi connectivity index (χ4n) is 3.92. The third kappa shape index (κ3) is 2.97. The van der Waals surface area contributed by atoms with Crippen molar-refractivity contribution in [2.75, 3.05) is 17.2 Å². The van der Waals surface area contributed by atoms with Crippen molar-refractivity contribution in [2.24, 2.45) is 0 Å². The average molecular weight is 477 g/mol. The number of hydrogen-bond acceptors (Lipinski definition) is 7. The van der Waals surface area contributed by atoms with E-state index in [1.165, 1.54) is 0 Å². The molecule has 154 valence electrons. The number of rotatable bonds is 3. The summed E-state index contributed by atoms with van der Waals surface area (Å²) >= 11 is 3.45. The number of fused-ring (bicyclic) bond motifs is 1. The van der Waals surface area contributed by atoms with Crippen LogP contribution < -0.4 is 16.2 Å². The van der Waals surface area contributed by atoms with Gasteiger partial charge in [-0.05, 0) is 47.5 Å². The van der Waals surface area contributed by atoms with Crippen LogP contribution in [0.15, 0.2) is 51.9 Å². The molecule has 3 aromatic heterocycles. The van der Waals surface area contributed by atoms with Gasteiger partial charge in [-0.25, -0.2) is 9.50 Å². The number of nitrogen functional groups attached to an aromatic ring is 1. The third-order valence-electron chi connectivity index (χ3n) is 5.47. The van der Waals surface area contributed by atoms with Crippen LogP contribution in [0, 0.1) is 18.3 Å². The molecule has 1 aliphatic rings. The Kier molecular flexibility index (Phi) is 4.48. The van der Waals surface area contributed by atoms with Gasteiger partial charge in [-0.1, -0.05) is 18.2 Å². The minimum absolute atomic E-state index is 0.107. The van der Waals surface area contributed by atoms with E-state index in [1.807, 2.05) is 35.2 Å². The number of hydrogen-bond donors (Lipinski definition) is 1. The van der Waals surface area contributed by atoms with Crippen molar-refractivity contribution >= 4 is 33.2 Å². The fraction of sp³-hybridized carbons (Fsp3) is 0.190. The molecule has 5 rings (SSSR count). The van der Waals surface area contributed by atoms with Crippen LogP contribution in [0.2, 0.25) is 0 Å². The molecule has 0 radical (unpaired) electrons. The summed E-state index contributed by atoms with van der Waals surface area (Å²) in [6, 6.07) is 13.1. The minimum Gasteiger partial charge on any atom is -0.368 e. The molecule has 4 heterocycles. The standard InChI is InChI=1S/C21H17BrN8O/c1-12-14(11-23)18(26-21(24)25-12)28-9-8-16(28)19-27-29-10-7-15(22)17(29)20(31)30(19)13-5-3-2-4-6-13/h2-7,10,16H,8-9H2,1H3,(H2,24,25,26). The first kappa shape index (κ1) is 19.3. The van der Waals surface area contributed by atoms with Gasteiger partial charge < -0.3 is 10.6 Å². The van der Waals surface area contributed by atoms with E-state index in [4.69, 9.17) is 10.8 Å². The zero-order valence-electron chi connectivity index (χ0n) is 16.5. The summed E-state index contributed by atoms with van der Waals surface area (Å²) in [6.07, 6.45) is 2.50. The van der Waals surface area contributed by atoms with Crippen molar-refractivity contribution < 1.29 is 0 Å². The van der Waals surface area contributed by atoms with Crippen LogP contribution >= 0.6 is 15.9 Å². The summed E-state index contributed by atoms with van der Waals surface area (Å²) in [7, 11) is 0. The summed E-state index contributed by atoms with van der Waals surface area (Å²) in [4.78, 5) is 23.9. The Morgan fingerprint density at radius 2 is 2.00 bits per heavy atom. The number of halogens is 1. The van der Waals surface area contributed by atoms with Crippen molar-refractivity contribution in [3.05, 3.63) is 74.5 Å². The van der Waals surface area contributed by atoms with E-state index in [0.717, 1.165) is 12.1 Å². The van der Waals surface area contributed by atoms with Crippen LogP contribution in [0.5, 0.6) is 0 Å². The van der Waals surface area contributed by atoms with Crippen LogP contribution in [-0.4, -0.2) is 30.7 Å². The molecule has 0 amide bonds. The van der Waals surface area contributed by atoms with Gasteiger partial charge in [0.15, 0.2) is 11.6 Å². The van der Waals surface area contributed by atoms with Gasteiger partial charge in [0.2, 0.25) is 5.95 Å². The lowest BCUT2D eigenvalue weighted by molar-refractivity contribution is 0.422. The zero-order chi connectivity index (χ0) is 21.7. The molecule has 31 heavy (non-hydrogen) atoms. The summed E-state index contributed by atoms with van der Waals surface area (Å²) in [5.41, 5.74) is 7.76. The maximum Gasteiger partial charge on any atom is 0.283 e. The molecule has 2 N–H and O–H groups in total. The van der Waals surface area contributed by atoms with E-state index in [1.54, 1.807) is 28.3 Å². The Labute approximate surface area is 185 Å². The van der Waals surface area contributed by atoms with Crippen LogP contribution in [0.4, 0.5) is 11.8 Å². The van der Waals surface area contributed by atoms with Gasteiger partial charge in [-0.2, -0.15) is 15.3 Å². The van der Waals surface area contributed by atoms with E-state index in [2.05, 4.69) is 32.0 Å². The Balaban J connectivity index is 1.73. The summed E-state index contributed by atoms with van der Waals surface area (Å²) in [5.74, 6) is 1.14. The zero-order valence-corrected chi connectivity index (χ0v) is 18.1. The molecule has 10 heteroatoms. The molecule has 0 bridgehead atoms. The van der Waals surface area contributed by atoms with Gasteiger partial charge in [0.05, 0.1) is 21.9 Å². The lowest BCUT2D eigenvalue weighted by Crippen LogP contribution is -2.45. The monoisotopic (exact) mass is 476 g/mol. The lowest BCUT2D eigenvalue weighted by atomic mass is 10.0. The number of para-hydroxylation sites is 1. The summed E-state index contributed by atoms with van der Waals surface area (Å²) in [6.45, 7) is 2.39. The molecular formula is C21H17BrN8O. The van der Waals surface area contributed by atoms with E-state index in [-0.39, 0.29) is 17.5 Å². The Morgan fingerprint density at radius 1 is 1.23 bits per heavy atom. The van der Waals surface area contributed by atoms with Gasteiger partial charge in [0.25, 0.3) is 5.56 Å². The second-order valence-corrected chi connectivity index (χ2v) is 8.12. The third-order valence-corrected chi connectivity index (χ3v) is 6.11. The molecule has 1 unspecified atom stereocenters. The fourth-order valence-corrected chi connectivity index (χ4v) is 4.39. The van der Waals surface area contributed by atoms with Gasteiger partial charge >= 0.3 is 0 Å². The van der Waals surface area contributed by atoms with Gasteiger partial charge in [-0.3, -0.25) is 9.36 Å². The van der Waals surface area contributed by atoms with Crippen LogP contribution in [-0.2, 0) is 0 Å². The summed E-state index contributed by atoms with van der Waals surface area (Å²) in [5, 5.41) is 14.4. The topological polar surface area (TPSA) is 118 Å². The number of nitrogens with zero attached hydrogens (tertiary/aromatic N) is 7. The second-order valence-electron chi connectivity index (χ2n) is 7.27. The van der Waals surface area contributed by atoms with Gasteiger partial charge in [-0.15, -0.1) is 0 Å². The number of aromatic nitrogens is 5. The molecule has 1 aromatic carbocycles. The first-order valence-electron chi connectivity index (χ1n) is 9.65. The van der Waals surface area contributed by atoms with Crippen LogP contribution in [0.1, 0.15) is 29.5 Å². The second kappa shape index (κ2) is 7.21. The number of anilines is 2. The molecule has 0 aliphatic carbocycles. The molecule has 9 nitrogen and oxygen atoms in total. The molecule has 1 aliphatic heterocycles. The summed E-state index contributed by atoms with van der Waals surface area (Å²) < 4.78 is 3.89. The lowest BCUT2D eigenvalue weighted by Gasteiger charge is -2.42. The molecule has 1 fully saturated rings. The van der Waals surface area contributed by atoms with Crippen molar-refractivity contribution in [1.29, 1.82) is 5.26 Å². The van der Waals surface area contributed by atoms with E-state index in [0.29, 0.717) is 39.4 Å². The first-order valence-corrected chi connectivity index (χ1v) is 10.4. The van der Waals surface area contributed by atoms with Crippen molar-refractivity contribution in [1.82, 2.24) is 24.1 Å². The SMILES string of the molecule is Cc1nc(N)nc(N2CCC2c2nn3ccc(Br)c3c(=O)n2-c2ccccc2)c1C#N. The van der Waals surface area contributed by atoms with E-state index in [9.17, 15) is 10.1 Å². The number of nitriles is 1. The minimum atomic E-state index is -0.251. The predicted octanol–water partition coefficient (Wildman–Crippen LogP) is 2.75. The van der Waals surface area contributed by atoms with Crippen LogP contribution in [0.3, 0.4) is 0 Å². The molecule has 4 aromatic rings. The highest BCUT2D eigenvalue weighted by Crippen LogP contribution is 2.38. The normalized spacial score (nSPS) is 15.6. The highest BCUT2D eigenvalue weighted by molar-refractivity contribution is 9.10. The molecular weight excluding hydrogens is 460 g/mol. The van der Waals surface area contributed by atoms with Gasteiger partial charge in [0, 0.05) is 12.7 Å². The first-order chi connectivity index (χ1) is 15.0. The van der Waals surface area contributed by atoms with E-state index >= 15 is 0 Å². The van der Waals surface area contributed by atoms with Gasteiger partial charge in [0.1, 0.15) is 17.1 Å². The molecule has 0 spiro atoms. The van der Waals surface area contributed by atoms with Crippen molar-refractivity contribution in [3.63, 3.8) is 0 Å². The quantitative estimate of drug-likeness (QED) is 0.482. The predicted molar refractivity (Wildman–Crippen MR) is 119 cm³/mol. The molecule has 0 saturated carbocycles. The maximum atomic E-state index is 13.5. The maximum absolute atomic E-state index is 13.5. The molecule has 1 atom stereocenters. The highest BCUT2D eigenvalue weighted by Gasteiger charge is 2.37. The molecule has 1 saturated heterocycles. The van der Waals surface area contributed by atoms with Crippen LogP contribution in [0.25, 0.3) is 11.2 Å². The van der Waals surface area contributed by atoms with E-state index < -0.39 is 0 Å². The number of benzene rings is 1. The Hall–Kier alpha value is -3.71. The Morgan fingerprint density at radius 3 is 2.68 bits per heavy atom. The van der Waals surface area contributed by atoms with Crippen molar-refractivity contribution in [3.8, 4) is 11.8 Å². The largest absolute Gasteiger partial charge is 0.368 e. The Bertz CT molecular complexity index is 1420.